The quantitative estimate of drug-likeness (QED) is 0.136. The van der Waals surface area contributed by atoms with Gasteiger partial charge >= 0.3 is 11.9 Å². The molecule has 4 rings (SSSR count). The number of methoxy groups -OCH3 is 1. The Bertz CT molecular complexity index is 1570. The molecule has 1 heterocycles. The van der Waals surface area contributed by atoms with Crippen LogP contribution in [0.5, 0.6) is 0 Å². The number of rotatable bonds is 12. The van der Waals surface area contributed by atoms with Gasteiger partial charge in [-0.2, -0.15) is 0 Å². The smallest absolute Gasteiger partial charge is 0.336 e. The molecule has 0 amide bonds. The Morgan fingerprint density at radius 1 is 0.956 bits per heavy atom. The van der Waals surface area contributed by atoms with E-state index < -0.39 is 28.3 Å². The molecule has 9 heteroatoms. The largest absolute Gasteiger partial charge is 0.478 e. The van der Waals surface area contributed by atoms with Crippen LogP contribution in [0.25, 0.3) is 0 Å². The predicted molar refractivity (Wildman–Crippen MR) is 174 cm³/mol. The summed E-state index contributed by atoms with van der Waals surface area (Å²) in [5, 5.41) is 22.1. The zero-order valence-corrected chi connectivity index (χ0v) is 26.7. The molecule has 0 bridgehead atoms. The third-order valence-corrected chi connectivity index (χ3v) is 8.54. The van der Waals surface area contributed by atoms with Gasteiger partial charge in [-0.1, -0.05) is 72.8 Å². The maximum Gasteiger partial charge on any atom is 0.336 e. The van der Waals surface area contributed by atoms with Crippen LogP contribution in [0, 0.1) is 10.1 Å². The van der Waals surface area contributed by atoms with Crippen LogP contribution in [0.2, 0.25) is 0 Å². The van der Waals surface area contributed by atoms with Gasteiger partial charge in [0.2, 0.25) is 0 Å². The second kappa shape index (κ2) is 13.9. The second-order valence-corrected chi connectivity index (χ2v) is 12.1. The summed E-state index contributed by atoms with van der Waals surface area (Å²) in [4.78, 5) is 41.3. The van der Waals surface area contributed by atoms with Crippen LogP contribution < -0.4 is 0 Å². The van der Waals surface area contributed by atoms with E-state index in [0.717, 1.165) is 13.0 Å². The minimum Gasteiger partial charge on any atom is -0.478 e. The summed E-state index contributed by atoms with van der Waals surface area (Å²) in [6, 6.07) is 26.6. The fourth-order valence-corrected chi connectivity index (χ4v) is 6.82. The summed E-state index contributed by atoms with van der Waals surface area (Å²) in [6.45, 7) is 8.87. The molecule has 3 aromatic rings. The molecule has 0 spiro atoms. The SMILES string of the molecule is COC(=O)C1=C(C)N(C(C)(C)CN(C)CCC(c2ccccc2)c2ccccc2)C(C)=C(C(=O)O)C1c1cccc([N+](=O)[O-])c1. The highest BCUT2D eigenvalue weighted by molar-refractivity contribution is 5.99. The number of carbonyl (C=O) groups is 2. The van der Waals surface area contributed by atoms with Crippen molar-refractivity contribution in [1.82, 2.24) is 9.80 Å². The molecule has 0 radical (unpaired) electrons. The van der Waals surface area contributed by atoms with Crippen molar-refractivity contribution in [3.8, 4) is 0 Å². The highest BCUT2D eigenvalue weighted by atomic mass is 16.6. The van der Waals surface area contributed by atoms with Gasteiger partial charge < -0.3 is 19.6 Å². The third kappa shape index (κ3) is 7.15. The van der Waals surface area contributed by atoms with Gasteiger partial charge in [0.1, 0.15) is 0 Å². The van der Waals surface area contributed by atoms with E-state index in [2.05, 4.69) is 53.4 Å². The molecule has 3 aromatic carbocycles. The van der Waals surface area contributed by atoms with Crippen molar-refractivity contribution in [2.45, 2.75) is 51.5 Å². The Hall–Kier alpha value is -4.76. The maximum atomic E-state index is 13.3. The summed E-state index contributed by atoms with van der Waals surface area (Å²) >= 11 is 0. The van der Waals surface area contributed by atoms with Gasteiger partial charge in [-0.15, -0.1) is 0 Å². The number of nitro groups is 1. The molecule has 1 atom stereocenters. The van der Waals surface area contributed by atoms with E-state index in [-0.39, 0.29) is 22.8 Å². The minimum absolute atomic E-state index is 0.0227. The number of ether oxygens (including phenoxy) is 1. The van der Waals surface area contributed by atoms with Gasteiger partial charge in [-0.25, -0.2) is 9.59 Å². The van der Waals surface area contributed by atoms with Gasteiger partial charge in [0.15, 0.2) is 0 Å². The van der Waals surface area contributed by atoms with E-state index in [0.29, 0.717) is 23.5 Å². The van der Waals surface area contributed by atoms with Crippen molar-refractivity contribution in [1.29, 1.82) is 0 Å². The summed E-state index contributed by atoms with van der Waals surface area (Å²) in [6.07, 6.45) is 0.868. The first-order valence-electron chi connectivity index (χ1n) is 14.9. The molecule has 0 aliphatic carbocycles. The number of aliphatic carboxylic acids is 1. The number of allylic oxidation sites excluding steroid dienone is 2. The average Bonchev–Trinajstić information content (AvgIpc) is 3.01. The Morgan fingerprint density at radius 2 is 1.51 bits per heavy atom. The number of carboxylic acids is 1. The molecule has 0 aromatic heterocycles. The normalized spacial score (nSPS) is 15.6. The topological polar surface area (TPSA) is 113 Å². The van der Waals surface area contributed by atoms with Crippen molar-refractivity contribution in [2.75, 3.05) is 27.2 Å². The number of carbonyl (C=O) groups excluding carboxylic acids is 1. The number of carboxylic acid groups (broad SMARTS) is 1. The average molecular weight is 612 g/mol. The van der Waals surface area contributed by atoms with Gasteiger partial charge in [-0.3, -0.25) is 10.1 Å². The Labute approximate surface area is 264 Å². The fourth-order valence-electron chi connectivity index (χ4n) is 6.82. The lowest BCUT2D eigenvalue weighted by molar-refractivity contribution is -0.384. The maximum absolute atomic E-state index is 13.3. The summed E-state index contributed by atoms with van der Waals surface area (Å²) in [7, 11) is 3.29. The molecule has 236 valence electrons. The molecule has 0 saturated heterocycles. The molecule has 1 aliphatic heterocycles. The standard InChI is InChI=1S/C36H41N3O6/c1-24-31(34(40)41)33(28-18-13-19-29(22-28)39(43)44)32(35(42)45-6)25(2)38(24)36(3,4)23-37(5)21-20-30(26-14-9-7-10-15-26)27-16-11-8-12-17-27/h7-19,22,30,33H,20-21,23H2,1-6H3,(H,40,41). The van der Waals surface area contributed by atoms with Crippen LogP contribution in [-0.4, -0.2) is 64.6 Å². The zero-order valence-electron chi connectivity index (χ0n) is 26.7. The molecular weight excluding hydrogens is 570 g/mol. The highest BCUT2D eigenvalue weighted by Gasteiger charge is 2.44. The first kappa shape index (κ1) is 33.1. The number of nitro benzene ring substituents is 1. The van der Waals surface area contributed by atoms with Gasteiger partial charge in [0.25, 0.3) is 5.69 Å². The number of hydrogen-bond acceptors (Lipinski definition) is 7. The highest BCUT2D eigenvalue weighted by Crippen LogP contribution is 2.45. The third-order valence-electron chi connectivity index (χ3n) is 8.54. The van der Waals surface area contributed by atoms with Gasteiger partial charge in [0.05, 0.1) is 34.6 Å². The molecule has 0 fully saturated rings. The van der Waals surface area contributed by atoms with E-state index in [1.165, 1.54) is 36.4 Å². The van der Waals surface area contributed by atoms with Crippen LogP contribution in [0.3, 0.4) is 0 Å². The van der Waals surface area contributed by atoms with E-state index in [9.17, 15) is 24.8 Å². The van der Waals surface area contributed by atoms with Crippen molar-refractivity contribution in [3.05, 3.63) is 134 Å². The molecular formula is C36H41N3O6. The van der Waals surface area contributed by atoms with E-state index >= 15 is 0 Å². The van der Waals surface area contributed by atoms with Crippen LogP contribution in [0.4, 0.5) is 5.69 Å². The van der Waals surface area contributed by atoms with Crippen molar-refractivity contribution in [3.63, 3.8) is 0 Å². The molecule has 9 nitrogen and oxygen atoms in total. The summed E-state index contributed by atoms with van der Waals surface area (Å²) < 4.78 is 5.16. The van der Waals surface area contributed by atoms with Crippen LogP contribution >= 0.6 is 0 Å². The van der Waals surface area contributed by atoms with Crippen molar-refractivity contribution >= 4 is 17.6 Å². The lowest BCUT2D eigenvalue weighted by Gasteiger charge is -2.47. The Kier molecular flexibility index (Phi) is 10.2. The van der Waals surface area contributed by atoms with Gasteiger partial charge in [-0.05, 0) is 64.4 Å². The van der Waals surface area contributed by atoms with E-state index in [1.54, 1.807) is 19.9 Å². The van der Waals surface area contributed by atoms with Crippen molar-refractivity contribution < 1.29 is 24.4 Å². The van der Waals surface area contributed by atoms with E-state index in [1.807, 2.05) is 37.9 Å². The second-order valence-electron chi connectivity index (χ2n) is 12.1. The Morgan fingerprint density at radius 3 is 2.02 bits per heavy atom. The Balaban J connectivity index is 1.68. The number of non-ortho nitro benzene ring substituents is 1. The van der Waals surface area contributed by atoms with E-state index in [4.69, 9.17) is 4.74 Å². The predicted octanol–water partition coefficient (Wildman–Crippen LogP) is 6.73. The molecule has 0 saturated carbocycles. The van der Waals surface area contributed by atoms with Crippen LogP contribution in [-0.2, 0) is 14.3 Å². The minimum atomic E-state index is -1.21. The molecule has 1 N–H and O–H groups in total. The first-order chi connectivity index (χ1) is 21.4. The number of hydrogen-bond donors (Lipinski definition) is 1. The number of likely N-dealkylation sites (N-methyl/N-ethyl adjacent to an activating group) is 1. The summed E-state index contributed by atoms with van der Waals surface area (Å²) in [5.41, 5.74) is 3.12. The first-order valence-corrected chi connectivity index (χ1v) is 14.9. The zero-order chi connectivity index (χ0) is 32.9. The lowest BCUT2D eigenvalue weighted by Crippen LogP contribution is -2.52. The molecule has 45 heavy (non-hydrogen) atoms. The van der Waals surface area contributed by atoms with Crippen LogP contribution in [0.1, 0.15) is 62.6 Å². The number of esters is 1. The molecule has 1 unspecified atom stereocenters. The monoisotopic (exact) mass is 611 g/mol. The number of benzene rings is 3. The molecule has 1 aliphatic rings. The van der Waals surface area contributed by atoms with Gasteiger partial charge in [0, 0.05) is 36.0 Å². The summed E-state index contributed by atoms with van der Waals surface area (Å²) in [5.74, 6) is -2.73. The van der Waals surface area contributed by atoms with Crippen LogP contribution in [0.15, 0.2) is 107 Å². The van der Waals surface area contributed by atoms with Crippen molar-refractivity contribution in [2.24, 2.45) is 0 Å². The number of nitrogens with zero attached hydrogens (tertiary/aromatic N) is 3. The fraction of sp³-hybridized carbons (Fsp3) is 0.333. The lowest BCUT2D eigenvalue weighted by atomic mass is 9.78.